The van der Waals surface area contributed by atoms with Crippen LogP contribution in [0, 0.1) is 17.4 Å². The highest BCUT2D eigenvalue weighted by Crippen LogP contribution is 2.43. The average molecular weight is 355 g/mol. The third kappa shape index (κ3) is 3.74. The quantitative estimate of drug-likeness (QED) is 0.521. The molecular formula is C21H23ClOSi. The van der Waals surface area contributed by atoms with E-state index in [0.29, 0.717) is 5.03 Å². The van der Waals surface area contributed by atoms with Gasteiger partial charge in [0, 0.05) is 5.57 Å². The van der Waals surface area contributed by atoms with Gasteiger partial charge in [0.25, 0.3) is 0 Å². The summed E-state index contributed by atoms with van der Waals surface area (Å²) in [6, 6.07) is 10.3. The van der Waals surface area contributed by atoms with Crippen molar-refractivity contribution in [2.45, 2.75) is 45.3 Å². The third-order valence-electron chi connectivity index (χ3n) is 4.51. The molecule has 1 atom stereocenters. The number of halogens is 1. The Labute approximate surface area is 150 Å². The fourth-order valence-corrected chi connectivity index (χ4v) is 4.29. The fraction of sp³-hybridized carbons (Fsp3) is 0.381. The van der Waals surface area contributed by atoms with Crippen LogP contribution in [0.25, 0.3) is 0 Å². The molecule has 0 aromatic heterocycles. The summed E-state index contributed by atoms with van der Waals surface area (Å²) < 4.78 is 0. The molecule has 0 radical (unpaired) electrons. The molecule has 3 rings (SSSR count). The van der Waals surface area contributed by atoms with Gasteiger partial charge in [-0.05, 0) is 36.8 Å². The van der Waals surface area contributed by atoms with Gasteiger partial charge in [0.05, 0.1) is 11.0 Å². The molecule has 0 N–H and O–H groups in total. The first kappa shape index (κ1) is 17.3. The molecule has 0 spiro atoms. The van der Waals surface area contributed by atoms with E-state index in [1.54, 1.807) is 0 Å². The molecule has 3 heteroatoms. The van der Waals surface area contributed by atoms with Crippen LogP contribution in [0.5, 0.6) is 0 Å². The van der Waals surface area contributed by atoms with Crippen LogP contribution in [-0.4, -0.2) is 13.9 Å². The number of hydrogen-bond acceptors (Lipinski definition) is 1. The second kappa shape index (κ2) is 6.74. The monoisotopic (exact) mass is 354 g/mol. The first-order valence-electron chi connectivity index (χ1n) is 8.56. The number of carbonyl (C=O) groups is 1. The Morgan fingerprint density at radius 2 is 1.88 bits per heavy atom. The van der Waals surface area contributed by atoms with E-state index in [9.17, 15) is 4.79 Å². The number of rotatable bonds is 2. The molecule has 0 heterocycles. The molecule has 0 saturated heterocycles. The Morgan fingerprint density at radius 1 is 1.17 bits per heavy atom. The third-order valence-corrected chi connectivity index (χ3v) is 5.86. The van der Waals surface area contributed by atoms with Gasteiger partial charge in [-0.2, -0.15) is 0 Å². The van der Waals surface area contributed by atoms with Gasteiger partial charge in [-0.25, -0.2) is 0 Å². The molecular weight excluding hydrogens is 332 g/mol. The van der Waals surface area contributed by atoms with E-state index in [2.05, 4.69) is 43.2 Å². The van der Waals surface area contributed by atoms with Gasteiger partial charge >= 0.3 is 0 Å². The lowest BCUT2D eigenvalue weighted by atomic mass is 9.90. The zero-order valence-electron chi connectivity index (χ0n) is 14.6. The van der Waals surface area contributed by atoms with E-state index in [1.165, 1.54) is 16.7 Å². The van der Waals surface area contributed by atoms with Gasteiger partial charge in [0.1, 0.15) is 8.07 Å². The number of hydrogen-bond donors (Lipinski definition) is 0. The molecule has 0 aliphatic heterocycles. The summed E-state index contributed by atoms with van der Waals surface area (Å²) >= 11 is 6.65. The normalized spacial score (nSPS) is 20.8. The van der Waals surface area contributed by atoms with Gasteiger partial charge in [-0.3, -0.25) is 4.79 Å². The van der Waals surface area contributed by atoms with Crippen LogP contribution in [0.2, 0.25) is 19.6 Å². The molecule has 1 aromatic rings. The van der Waals surface area contributed by atoms with E-state index in [-0.39, 0.29) is 11.7 Å². The van der Waals surface area contributed by atoms with Crippen LogP contribution in [0.1, 0.15) is 24.8 Å². The lowest BCUT2D eigenvalue weighted by Gasteiger charge is -2.18. The zero-order valence-corrected chi connectivity index (χ0v) is 16.3. The standard InChI is InChI=1S/C21H23ClOSi/c1-24(2,3)12-11-18-14-16-9-10-17(20(22)19(16)21(18)23)13-15-7-5-4-6-8-15/h4-8,18H,9-10,13-14H2,1-3H3. The van der Waals surface area contributed by atoms with Gasteiger partial charge in [0.2, 0.25) is 0 Å². The van der Waals surface area contributed by atoms with Gasteiger partial charge < -0.3 is 0 Å². The molecule has 1 unspecified atom stereocenters. The van der Waals surface area contributed by atoms with E-state index >= 15 is 0 Å². The Bertz CT molecular complexity index is 785. The van der Waals surface area contributed by atoms with Crippen LogP contribution >= 0.6 is 11.6 Å². The molecule has 0 fully saturated rings. The highest BCUT2D eigenvalue weighted by atomic mass is 35.5. The Hall–Kier alpha value is -1.56. The predicted molar refractivity (Wildman–Crippen MR) is 104 cm³/mol. The second-order valence-electron chi connectivity index (χ2n) is 7.70. The predicted octanol–water partition coefficient (Wildman–Crippen LogP) is 5.28. The summed E-state index contributed by atoms with van der Waals surface area (Å²) in [6.07, 6.45) is 3.51. The summed E-state index contributed by atoms with van der Waals surface area (Å²) in [6.45, 7) is 6.62. The lowest BCUT2D eigenvalue weighted by Crippen LogP contribution is -2.18. The van der Waals surface area contributed by atoms with Crippen molar-refractivity contribution < 1.29 is 4.79 Å². The van der Waals surface area contributed by atoms with Crippen LogP contribution in [0.4, 0.5) is 0 Å². The van der Waals surface area contributed by atoms with Crippen LogP contribution in [0.15, 0.2) is 52.1 Å². The Balaban J connectivity index is 1.83. The molecule has 0 bridgehead atoms. The highest BCUT2D eigenvalue weighted by molar-refractivity contribution is 6.83. The van der Waals surface area contributed by atoms with Crippen LogP contribution in [0.3, 0.4) is 0 Å². The number of benzene rings is 1. The first-order chi connectivity index (χ1) is 11.3. The van der Waals surface area contributed by atoms with E-state index < -0.39 is 8.07 Å². The van der Waals surface area contributed by atoms with Crippen molar-refractivity contribution in [2.75, 3.05) is 0 Å². The highest BCUT2D eigenvalue weighted by Gasteiger charge is 2.36. The Morgan fingerprint density at radius 3 is 2.54 bits per heavy atom. The summed E-state index contributed by atoms with van der Waals surface area (Å²) in [5.74, 6) is 3.22. The summed E-state index contributed by atoms with van der Waals surface area (Å²) in [4.78, 5) is 12.8. The van der Waals surface area contributed by atoms with Crippen molar-refractivity contribution in [2.24, 2.45) is 5.92 Å². The molecule has 2 aliphatic rings. The minimum atomic E-state index is -1.46. The van der Waals surface area contributed by atoms with Crippen molar-refractivity contribution in [3.63, 3.8) is 0 Å². The number of allylic oxidation sites excluding steroid dienone is 4. The second-order valence-corrected chi connectivity index (χ2v) is 12.8. The van der Waals surface area contributed by atoms with E-state index in [0.717, 1.165) is 31.3 Å². The van der Waals surface area contributed by atoms with Crippen LogP contribution < -0.4 is 0 Å². The van der Waals surface area contributed by atoms with Crippen molar-refractivity contribution >= 4 is 25.5 Å². The molecule has 24 heavy (non-hydrogen) atoms. The van der Waals surface area contributed by atoms with Crippen molar-refractivity contribution in [1.29, 1.82) is 0 Å². The van der Waals surface area contributed by atoms with Gasteiger partial charge in [-0.1, -0.05) is 73.1 Å². The maximum atomic E-state index is 12.8. The summed E-state index contributed by atoms with van der Waals surface area (Å²) in [5.41, 5.74) is 7.79. The fourth-order valence-electron chi connectivity index (χ4n) is 3.30. The summed E-state index contributed by atoms with van der Waals surface area (Å²) in [7, 11) is -1.46. The van der Waals surface area contributed by atoms with E-state index in [1.807, 2.05) is 18.2 Å². The summed E-state index contributed by atoms with van der Waals surface area (Å²) in [5, 5.41) is 0.697. The van der Waals surface area contributed by atoms with Gasteiger partial charge in [0.15, 0.2) is 5.78 Å². The SMILES string of the molecule is C[Si](C)(C)C#CC1CC2=C(C1=O)C(Cl)=C(Cc1ccccc1)CC2. The van der Waals surface area contributed by atoms with Gasteiger partial charge in [-0.15, -0.1) is 5.54 Å². The molecule has 1 aromatic carbocycles. The molecule has 0 saturated carbocycles. The van der Waals surface area contributed by atoms with Crippen molar-refractivity contribution in [3.05, 3.63) is 57.6 Å². The smallest absolute Gasteiger partial charge is 0.179 e. The molecule has 1 nitrogen and oxygen atoms in total. The van der Waals surface area contributed by atoms with E-state index in [4.69, 9.17) is 11.6 Å². The first-order valence-corrected chi connectivity index (χ1v) is 12.4. The number of carbonyl (C=O) groups excluding carboxylic acids is 1. The molecule has 2 aliphatic carbocycles. The lowest BCUT2D eigenvalue weighted by molar-refractivity contribution is -0.116. The number of ketones is 1. The number of Topliss-reactive ketones (excluding diaryl/α,β-unsaturated/α-hetero) is 1. The largest absolute Gasteiger partial charge is 0.293 e. The molecule has 0 amide bonds. The minimum Gasteiger partial charge on any atom is -0.293 e. The zero-order chi connectivity index (χ0) is 17.3. The topological polar surface area (TPSA) is 17.1 Å². The van der Waals surface area contributed by atoms with Crippen molar-refractivity contribution in [3.8, 4) is 11.5 Å². The minimum absolute atomic E-state index is 0.144. The van der Waals surface area contributed by atoms with Crippen LogP contribution in [-0.2, 0) is 11.2 Å². The maximum absolute atomic E-state index is 12.8. The average Bonchev–Trinajstić information content (AvgIpc) is 2.85. The van der Waals surface area contributed by atoms with Crippen molar-refractivity contribution in [1.82, 2.24) is 0 Å². The maximum Gasteiger partial charge on any atom is 0.179 e. The molecule has 124 valence electrons. The Kier molecular flexibility index (Phi) is 4.85.